The van der Waals surface area contributed by atoms with Crippen LogP contribution in [0.4, 0.5) is 5.82 Å². The van der Waals surface area contributed by atoms with Gasteiger partial charge in [0.2, 0.25) is 5.91 Å². The lowest BCUT2D eigenvalue weighted by Crippen LogP contribution is -2.35. The van der Waals surface area contributed by atoms with Crippen LogP contribution in [-0.4, -0.2) is 29.0 Å². The number of carbonyl (C=O) groups excluding carboxylic acids is 1. The van der Waals surface area contributed by atoms with Gasteiger partial charge in [-0.2, -0.15) is 0 Å². The minimum atomic E-state index is -0.324. The summed E-state index contributed by atoms with van der Waals surface area (Å²) in [7, 11) is 1.59. The van der Waals surface area contributed by atoms with Gasteiger partial charge in [0.25, 0.3) is 0 Å². The van der Waals surface area contributed by atoms with E-state index in [0.717, 1.165) is 0 Å². The molecule has 0 saturated heterocycles. The van der Waals surface area contributed by atoms with Crippen molar-refractivity contribution in [2.45, 2.75) is 13.0 Å². The lowest BCUT2D eigenvalue weighted by Gasteiger charge is -2.11. The van der Waals surface area contributed by atoms with Gasteiger partial charge in [0.05, 0.1) is 12.4 Å². The third kappa shape index (κ3) is 2.95. The van der Waals surface area contributed by atoms with E-state index in [1.807, 2.05) is 0 Å². The molecule has 1 aromatic heterocycles. The second-order valence-electron chi connectivity index (χ2n) is 2.70. The summed E-state index contributed by atoms with van der Waals surface area (Å²) in [6, 6.07) is -0.324. The second kappa shape index (κ2) is 4.90. The lowest BCUT2D eigenvalue weighted by atomic mass is 10.3. The van der Waals surface area contributed by atoms with Crippen LogP contribution >= 0.6 is 15.9 Å². The molecule has 14 heavy (non-hydrogen) atoms. The molecule has 0 aliphatic heterocycles. The standard InChI is InChI=1S/C8H11BrN4O/c1-5(8(14)10-2)13-7-4-11-6(9)3-12-7/h3-5H,1-2H3,(H,10,14)(H,12,13). The van der Waals surface area contributed by atoms with E-state index in [1.54, 1.807) is 26.4 Å². The summed E-state index contributed by atoms with van der Waals surface area (Å²) in [5.74, 6) is 0.485. The molecule has 0 fully saturated rings. The Bertz CT molecular complexity index is 314. The fraction of sp³-hybridized carbons (Fsp3) is 0.375. The molecule has 1 unspecified atom stereocenters. The molecule has 2 N–H and O–H groups in total. The summed E-state index contributed by atoms with van der Waals surface area (Å²) in [6.07, 6.45) is 3.13. The molecule has 0 aliphatic carbocycles. The SMILES string of the molecule is CNC(=O)C(C)Nc1cnc(Br)cn1. The summed E-state index contributed by atoms with van der Waals surface area (Å²) in [4.78, 5) is 19.2. The number of nitrogens with zero attached hydrogens (tertiary/aromatic N) is 2. The molecule has 1 rings (SSSR count). The van der Waals surface area contributed by atoms with Crippen molar-refractivity contribution in [2.24, 2.45) is 0 Å². The van der Waals surface area contributed by atoms with Crippen molar-refractivity contribution in [3.8, 4) is 0 Å². The number of nitrogens with one attached hydrogen (secondary N) is 2. The Balaban J connectivity index is 2.60. The number of anilines is 1. The monoisotopic (exact) mass is 258 g/mol. The van der Waals surface area contributed by atoms with E-state index in [0.29, 0.717) is 10.4 Å². The Labute approximate surface area is 90.5 Å². The normalized spacial score (nSPS) is 11.9. The highest BCUT2D eigenvalue weighted by atomic mass is 79.9. The molecule has 1 aromatic rings. The zero-order valence-corrected chi connectivity index (χ0v) is 9.50. The number of carbonyl (C=O) groups is 1. The molecule has 1 amide bonds. The first-order valence-corrected chi connectivity index (χ1v) is 4.88. The first-order chi connectivity index (χ1) is 6.63. The zero-order valence-electron chi connectivity index (χ0n) is 7.91. The third-order valence-electron chi connectivity index (χ3n) is 1.62. The molecule has 0 radical (unpaired) electrons. The van der Waals surface area contributed by atoms with Crippen molar-refractivity contribution in [2.75, 3.05) is 12.4 Å². The van der Waals surface area contributed by atoms with E-state index in [4.69, 9.17) is 0 Å². The first kappa shape index (κ1) is 10.9. The maximum absolute atomic E-state index is 11.2. The molecule has 0 aliphatic rings. The molecule has 1 atom stereocenters. The zero-order chi connectivity index (χ0) is 10.6. The highest BCUT2D eigenvalue weighted by molar-refractivity contribution is 9.10. The van der Waals surface area contributed by atoms with E-state index in [1.165, 1.54) is 0 Å². The van der Waals surface area contributed by atoms with Crippen LogP contribution in [-0.2, 0) is 4.79 Å². The van der Waals surface area contributed by atoms with E-state index in [9.17, 15) is 4.79 Å². The van der Waals surface area contributed by atoms with Crippen molar-refractivity contribution >= 4 is 27.7 Å². The van der Waals surface area contributed by atoms with Gasteiger partial charge in [-0.25, -0.2) is 9.97 Å². The van der Waals surface area contributed by atoms with Crippen LogP contribution in [0.15, 0.2) is 17.0 Å². The predicted octanol–water partition coefficient (Wildman–Crippen LogP) is 0.785. The molecular formula is C8H11BrN4O. The average molecular weight is 259 g/mol. The number of hydrogen-bond acceptors (Lipinski definition) is 4. The third-order valence-corrected chi connectivity index (χ3v) is 2.03. The Kier molecular flexibility index (Phi) is 3.82. The first-order valence-electron chi connectivity index (χ1n) is 4.09. The molecule has 0 aromatic carbocycles. The second-order valence-corrected chi connectivity index (χ2v) is 3.52. The van der Waals surface area contributed by atoms with Gasteiger partial charge in [0.1, 0.15) is 16.5 Å². The summed E-state index contributed by atoms with van der Waals surface area (Å²) >= 11 is 3.17. The van der Waals surface area contributed by atoms with Gasteiger partial charge < -0.3 is 10.6 Å². The Hall–Kier alpha value is -1.17. The average Bonchev–Trinajstić information content (AvgIpc) is 2.20. The van der Waals surface area contributed by atoms with Crippen molar-refractivity contribution in [1.82, 2.24) is 15.3 Å². The maximum Gasteiger partial charge on any atom is 0.241 e. The van der Waals surface area contributed by atoms with Gasteiger partial charge in [0.15, 0.2) is 0 Å². The Morgan fingerprint density at radius 2 is 2.21 bits per heavy atom. The minimum Gasteiger partial charge on any atom is -0.357 e. The van der Waals surface area contributed by atoms with Crippen molar-refractivity contribution in [1.29, 1.82) is 0 Å². The molecule has 0 spiro atoms. The largest absolute Gasteiger partial charge is 0.357 e. The number of halogens is 1. The molecule has 1 heterocycles. The van der Waals surface area contributed by atoms with Crippen LogP contribution in [0, 0.1) is 0 Å². The van der Waals surface area contributed by atoms with E-state index < -0.39 is 0 Å². The van der Waals surface area contributed by atoms with Crippen molar-refractivity contribution in [3.63, 3.8) is 0 Å². The van der Waals surface area contributed by atoms with E-state index in [2.05, 4.69) is 36.5 Å². The van der Waals surface area contributed by atoms with Crippen LogP contribution in [0.2, 0.25) is 0 Å². The number of aromatic nitrogens is 2. The summed E-state index contributed by atoms with van der Waals surface area (Å²) < 4.78 is 0.663. The Morgan fingerprint density at radius 3 is 2.71 bits per heavy atom. The fourth-order valence-corrected chi connectivity index (χ4v) is 1.10. The van der Waals surface area contributed by atoms with E-state index >= 15 is 0 Å². The topological polar surface area (TPSA) is 66.9 Å². The van der Waals surface area contributed by atoms with Gasteiger partial charge in [-0.3, -0.25) is 4.79 Å². The van der Waals surface area contributed by atoms with Crippen LogP contribution in [0.25, 0.3) is 0 Å². The minimum absolute atomic E-state index is 0.0882. The van der Waals surface area contributed by atoms with Gasteiger partial charge >= 0.3 is 0 Å². The molecule has 76 valence electrons. The maximum atomic E-state index is 11.2. The summed E-state index contributed by atoms with van der Waals surface area (Å²) in [5, 5.41) is 5.45. The number of hydrogen-bond donors (Lipinski definition) is 2. The smallest absolute Gasteiger partial charge is 0.241 e. The molecule has 0 bridgehead atoms. The quantitative estimate of drug-likeness (QED) is 0.842. The molecular weight excluding hydrogens is 248 g/mol. The van der Waals surface area contributed by atoms with Crippen LogP contribution < -0.4 is 10.6 Å². The number of amides is 1. The van der Waals surface area contributed by atoms with Crippen molar-refractivity contribution in [3.05, 3.63) is 17.0 Å². The summed E-state index contributed by atoms with van der Waals surface area (Å²) in [6.45, 7) is 1.75. The Morgan fingerprint density at radius 1 is 1.50 bits per heavy atom. The lowest BCUT2D eigenvalue weighted by molar-refractivity contribution is -0.121. The van der Waals surface area contributed by atoms with Gasteiger partial charge in [0, 0.05) is 7.05 Å². The number of rotatable bonds is 3. The van der Waals surface area contributed by atoms with Gasteiger partial charge in [-0.05, 0) is 22.9 Å². The molecule has 6 heteroatoms. The fourth-order valence-electron chi connectivity index (χ4n) is 0.891. The van der Waals surface area contributed by atoms with Crippen LogP contribution in [0.1, 0.15) is 6.92 Å². The van der Waals surface area contributed by atoms with Crippen LogP contribution in [0.5, 0.6) is 0 Å². The summed E-state index contributed by atoms with van der Waals surface area (Å²) in [5.41, 5.74) is 0. The van der Waals surface area contributed by atoms with Crippen LogP contribution in [0.3, 0.4) is 0 Å². The predicted molar refractivity (Wildman–Crippen MR) is 56.9 cm³/mol. The van der Waals surface area contributed by atoms with Crippen molar-refractivity contribution < 1.29 is 4.79 Å². The van der Waals surface area contributed by atoms with Gasteiger partial charge in [-0.1, -0.05) is 0 Å². The number of likely N-dealkylation sites (N-methyl/N-ethyl adjacent to an activating group) is 1. The van der Waals surface area contributed by atoms with E-state index in [-0.39, 0.29) is 11.9 Å². The molecule has 0 saturated carbocycles. The van der Waals surface area contributed by atoms with Gasteiger partial charge in [-0.15, -0.1) is 0 Å². The highest BCUT2D eigenvalue weighted by Crippen LogP contribution is 2.07. The highest BCUT2D eigenvalue weighted by Gasteiger charge is 2.10. The molecule has 5 nitrogen and oxygen atoms in total.